The van der Waals surface area contributed by atoms with Gasteiger partial charge in [-0.2, -0.15) is 0 Å². The van der Waals surface area contributed by atoms with Gasteiger partial charge in [-0.15, -0.1) is 0 Å². The quantitative estimate of drug-likeness (QED) is 0.495. The summed E-state index contributed by atoms with van der Waals surface area (Å²) in [6.07, 6.45) is -1.24. The third kappa shape index (κ3) is 4.13. The van der Waals surface area contributed by atoms with Gasteiger partial charge in [-0.3, -0.25) is 4.90 Å². The first-order chi connectivity index (χ1) is 16.4. The number of carboxylic acids is 1. The summed E-state index contributed by atoms with van der Waals surface area (Å²) in [5, 5.41) is 10.4. The van der Waals surface area contributed by atoms with Crippen LogP contribution in [0.5, 0.6) is 0 Å². The van der Waals surface area contributed by atoms with Crippen LogP contribution in [0.2, 0.25) is 10.0 Å². The van der Waals surface area contributed by atoms with E-state index >= 15 is 0 Å². The number of carbonyl (C=O) groups excluding carboxylic acids is 1. The molecule has 8 heteroatoms. The van der Waals surface area contributed by atoms with Gasteiger partial charge in [0.05, 0.1) is 23.2 Å². The van der Waals surface area contributed by atoms with Crippen LogP contribution in [0.25, 0.3) is 11.1 Å². The molecule has 6 nitrogen and oxygen atoms in total. The molecule has 1 aliphatic carbocycles. The number of hydrogen-bond donors (Lipinski definition) is 1. The number of ether oxygens (including phenoxy) is 2. The Morgan fingerprint density at radius 2 is 1.62 bits per heavy atom. The fourth-order valence-corrected chi connectivity index (χ4v) is 4.96. The molecule has 34 heavy (non-hydrogen) atoms. The Kier molecular flexibility index (Phi) is 6.21. The summed E-state index contributed by atoms with van der Waals surface area (Å²) in [6.45, 7) is -0.0377. The van der Waals surface area contributed by atoms with Crippen LogP contribution in [0.4, 0.5) is 4.79 Å². The second-order valence-electron chi connectivity index (χ2n) is 8.31. The maximum Gasteiger partial charge on any atom is 0.410 e. The Morgan fingerprint density at radius 1 is 0.971 bits per heavy atom. The summed E-state index contributed by atoms with van der Waals surface area (Å²) in [5.41, 5.74) is 5.11. The molecule has 0 spiro atoms. The first-order valence-electron chi connectivity index (χ1n) is 10.8. The molecule has 2 atom stereocenters. The molecule has 0 aromatic heterocycles. The van der Waals surface area contributed by atoms with Crippen molar-refractivity contribution in [3.05, 3.63) is 93.5 Å². The molecular formula is C26H21Cl2NO5. The fraction of sp³-hybridized carbons (Fsp3) is 0.231. The summed E-state index contributed by atoms with van der Waals surface area (Å²) < 4.78 is 11.5. The monoisotopic (exact) mass is 497 g/mol. The van der Waals surface area contributed by atoms with E-state index in [1.807, 2.05) is 36.4 Å². The van der Waals surface area contributed by atoms with Crippen LogP contribution < -0.4 is 0 Å². The van der Waals surface area contributed by atoms with Crippen molar-refractivity contribution >= 4 is 35.3 Å². The molecule has 174 valence electrons. The van der Waals surface area contributed by atoms with Gasteiger partial charge < -0.3 is 14.6 Å². The van der Waals surface area contributed by atoms with Gasteiger partial charge in [-0.1, -0.05) is 77.8 Å². The number of amides is 1. The first kappa shape index (κ1) is 22.7. The van der Waals surface area contributed by atoms with E-state index in [1.54, 1.807) is 18.2 Å². The van der Waals surface area contributed by atoms with E-state index in [9.17, 15) is 14.7 Å². The molecule has 0 saturated carbocycles. The molecule has 3 aromatic carbocycles. The molecule has 5 rings (SSSR count). The highest BCUT2D eigenvalue weighted by Gasteiger charge is 2.39. The van der Waals surface area contributed by atoms with Gasteiger partial charge in [0.2, 0.25) is 0 Å². The van der Waals surface area contributed by atoms with Crippen LogP contribution in [0.3, 0.4) is 0 Å². The number of carbonyl (C=O) groups is 2. The van der Waals surface area contributed by atoms with Crippen molar-refractivity contribution < 1.29 is 24.2 Å². The van der Waals surface area contributed by atoms with E-state index < -0.39 is 24.2 Å². The summed E-state index contributed by atoms with van der Waals surface area (Å²) >= 11 is 12.1. The Bertz CT molecular complexity index is 1220. The van der Waals surface area contributed by atoms with Gasteiger partial charge >= 0.3 is 12.1 Å². The number of benzene rings is 3. The highest BCUT2D eigenvalue weighted by molar-refractivity contribution is 6.42. The highest BCUT2D eigenvalue weighted by atomic mass is 35.5. The molecule has 1 amide bonds. The number of hydrogen-bond acceptors (Lipinski definition) is 4. The van der Waals surface area contributed by atoms with Crippen molar-refractivity contribution in [3.63, 3.8) is 0 Å². The lowest BCUT2D eigenvalue weighted by Crippen LogP contribution is -2.53. The van der Waals surface area contributed by atoms with E-state index in [0.29, 0.717) is 15.6 Å². The molecule has 0 bridgehead atoms. The second-order valence-corrected chi connectivity index (χ2v) is 9.12. The van der Waals surface area contributed by atoms with E-state index in [1.165, 1.54) is 4.90 Å². The number of rotatable bonds is 4. The lowest BCUT2D eigenvalue weighted by Gasteiger charge is -2.37. The van der Waals surface area contributed by atoms with Gasteiger partial charge in [0.25, 0.3) is 0 Å². The number of morpholine rings is 1. The minimum atomic E-state index is -1.15. The molecule has 1 heterocycles. The topological polar surface area (TPSA) is 76.1 Å². The van der Waals surface area contributed by atoms with Crippen LogP contribution in [-0.4, -0.2) is 47.9 Å². The van der Waals surface area contributed by atoms with E-state index in [2.05, 4.69) is 12.1 Å². The number of halogens is 2. The second kappa shape index (κ2) is 9.29. The SMILES string of the molecule is O=C(O)[C@@H]1CO[C@@H](c2ccc(Cl)c(Cl)c2)CN1C(=O)OCC1c2ccccc2-c2ccccc21. The van der Waals surface area contributed by atoms with Crippen molar-refractivity contribution in [2.75, 3.05) is 19.8 Å². The zero-order chi connectivity index (χ0) is 23.8. The predicted octanol–water partition coefficient (Wildman–Crippen LogP) is 5.77. The summed E-state index contributed by atoms with van der Waals surface area (Å²) in [5.74, 6) is -1.27. The third-order valence-electron chi connectivity index (χ3n) is 6.37. The van der Waals surface area contributed by atoms with Gasteiger partial charge in [0.1, 0.15) is 12.7 Å². The lowest BCUT2D eigenvalue weighted by atomic mass is 9.98. The fourth-order valence-electron chi connectivity index (χ4n) is 4.65. The third-order valence-corrected chi connectivity index (χ3v) is 7.10. The Hall–Kier alpha value is -3.06. The van der Waals surface area contributed by atoms with Crippen LogP contribution >= 0.6 is 23.2 Å². The van der Waals surface area contributed by atoms with Crippen LogP contribution in [0.1, 0.15) is 28.7 Å². The van der Waals surface area contributed by atoms with Crippen LogP contribution in [-0.2, 0) is 14.3 Å². The van der Waals surface area contributed by atoms with Crippen molar-refractivity contribution in [2.45, 2.75) is 18.1 Å². The number of nitrogens with zero attached hydrogens (tertiary/aromatic N) is 1. The number of fused-ring (bicyclic) bond motifs is 3. The number of aliphatic carboxylic acids is 1. The smallest absolute Gasteiger partial charge is 0.410 e. The lowest BCUT2D eigenvalue weighted by molar-refractivity contribution is -0.152. The van der Waals surface area contributed by atoms with Gasteiger partial charge in [-0.25, -0.2) is 9.59 Å². The molecule has 1 saturated heterocycles. The molecule has 0 unspecified atom stereocenters. The molecule has 2 aliphatic rings. The molecule has 1 fully saturated rings. The molecule has 1 aliphatic heterocycles. The standard InChI is InChI=1S/C26H21Cl2NO5/c27-21-10-9-15(11-22(21)28)24-12-29(23(14-33-24)25(30)31)26(32)34-13-20-18-7-3-1-5-16(18)17-6-2-4-8-19(17)20/h1-11,20,23-24H,12-14H2,(H,30,31)/t23-,24+/m0/s1. The highest BCUT2D eigenvalue weighted by Crippen LogP contribution is 2.44. The molecule has 0 radical (unpaired) electrons. The zero-order valence-corrected chi connectivity index (χ0v) is 19.5. The maximum absolute atomic E-state index is 13.1. The van der Waals surface area contributed by atoms with E-state index in [-0.39, 0.29) is 25.7 Å². The minimum Gasteiger partial charge on any atom is -0.480 e. The van der Waals surface area contributed by atoms with Crippen LogP contribution in [0, 0.1) is 0 Å². The normalized spacial score (nSPS) is 19.4. The average molecular weight is 498 g/mol. The first-order valence-corrected chi connectivity index (χ1v) is 11.6. The van der Waals surface area contributed by atoms with Crippen molar-refractivity contribution in [1.29, 1.82) is 0 Å². The Labute approximate surface area is 206 Å². The van der Waals surface area contributed by atoms with Crippen molar-refractivity contribution in [3.8, 4) is 11.1 Å². The largest absolute Gasteiger partial charge is 0.480 e. The Balaban J connectivity index is 1.35. The van der Waals surface area contributed by atoms with E-state index in [0.717, 1.165) is 22.3 Å². The minimum absolute atomic E-state index is 0.0194. The molecular weight excluding hydrogens is 477 g/mol. The van der Waals surface area contributed by atoms with Gasteiger partial charge in [-0.05, 0) is 39.9 Å². The summed E-state index contributed by atoms with van der Waals surface area (Å²) in [6, 6.07) is 20.0. The van der Waals surface area contributed by atoms with Gasteiger partial charge in [0, 0.05) is 5.92 Å². The van der Waals surface area contributed by atoms with Crippen molar-refractivity contribution in [2.24, 2.45) is 0 Å². The molecule has 1 N–H and O–H groups in total. The molecule has 3 aromatic rings. The number of carboxylic acid groups (broad SMARTS) is 1. The average Bonchev–Trinajstić information content (AvgIpc) is 3.17. The summed E-state index contributed by atoms with van der Waals surface area (Å²) in [4.78, 5) is 26.2. The zero-order valence-electron chi connectivity index (χ0n) is 18.0. The predicted molar refractivity (Wildman–Crippen MR) is 128 cm³/mol. The maximum atomic E-state index is 13.1. The van der Waals surface area contributed by atoms with Crippen LogP contribution in [0.15, 0.2) is 66.7 Å². The Morgan fingerprint density at radius 3 is 2.24 bits per heavy atom. The van der Waals surface area contributed by atoms with E-state index in [4.69, 9.17) is 32.7 Å². The van der Waals surface area contributed by atoms with Gasteiger partial charge in [0.15, 0.2) is 6.04 Å². The summed E-state index contributed by atoms with van der Waals surface area (Å²) in [7, 11) is 0. The van der Waals surface area contributed by atoms with Crippen molar-refractivity contribution in [1.82, 2.24) is 4.90 Å².